The minimum absolute atomic E-state index is 0.171. The highest BCUT2D eigenvalue weighted by Crippen LogP contribution is 2.64. The van der Waals surface area contributed by atoms with Crippen LogP contribution in [0.15, 0.2) is 197 Å². The van der Waals surface area contributed by atoms with Gasteiger partial charge in [0, 0.05) is 71.4 Å². The Morgan fingerprint density at radius 3 is 1.39 bits per heavy atom. The predicted molar refractivity (Wildman–Crippen MR) is 311 cm³/mol. The zero-order valence-corrected chi connectivity index (χ0v) is 43.7. The van der Waals surface area contributed by atoms with Crippen LogP contribution in [-0.2, 0) is 21.7 Å². The average Bonchev–Trinajstić information content (AvgIpc) is 4.42. The Balaban J connectivity index is 0.937. The zero-order valence-electron chi connectivity index (χ0n) is 43.7. The van der Waals surface area contributed by atoms with Gasteiger partial charge in [-0.3, -0.25) is 0 Å². The molecule has 3 heteroatoms. The SMILES string of the molecule is CC1(C)c2ccccc2-c2ccc(N(c3ccc4c(c3)C(C)(C)c3cc(-c5ccccc5)c5oc6ccccc6c5c3-4)c3ccc4c(c3)C(C)(C)c3c5c(c6oc7ccccc7c6c3-4)-c3ccccc3C5(C)C)cc21. The molecule has 0 unspecified atom stereocenters. The van der Waals surface area contributed by atoms with Crippen LogP contribution in [0.1, 0.15) is 99.9 Å². The van der Waals surface area contributed by atoms with Gasteiger partial charge in [0.1, 0.15) is 22.3 Å². The summed E-state index contributed by atoms with van der Waals surface area (Å²) in [6.45, 7) is 19.4. The first-order valence-electron chi connectivity index (χ1n) is 26.7. The molecular formula is C72H55NO2. The van der Waals surface area contributed by atoms with Gasteiger partial charge >= 0.3 is 0 Å². The first-order valence-corrected chi connectivity index (χ1v) is 26.7. The molecule has 16 rings (SSSR count). The molecule has 0 amide bonds. The van der Waals surface area contributed by atoms with Crippen LogP contribution in [0.25, 0.3) is 99.5 Å². The van der Waals surface area contributed by atoms with E-state index in [0.29, 0.717) is 0 Å². The van der Waals surface area contributed by atoms with E-state index in [9.17, 15) is 0 Å². The molecule has 4 aliphatic carbocycles. The van der Waals surface area contributed by atoms with Crippen LogP contribution in [0, 0.1) is 0 Å². The van der Waals surface area contributed by atoms with E-state index >= 15 is 0 Å². The van der Waals surface area contributed by atoms with Gasteiger partial charge in [-0.15, -0.1) is 0 Å². The van der Waals surface area contributed by atoms with Gasteiger partial charge in [0.15, 0.2) is 0 Å². The summed E-state index contributed by atoms with van der Waals surface area (Å²) < 4.78 is 13.9. The number of hydrogen-bond acceptors (Lipinski definition) is 3. The van der Waals surface area contributed by atoms with E-state index in [-0.39, 0.29) is 21.7 Å². The second-order valence-electron chi connectivity index (χ2n) is 23.9. The summed E-state index contributed by atoms with van der Waals surface area (Å²) >= 11 is 0. The maximum Gasteiger partial charge on any atom is 0.144 e. The number of hydrogen-bond donors (Lipinski definition) is 0. The topological polar surface area (TPSA) is 29.5 Å². The number of anilines is 3. The maximum absolute atomic E-state index is 7.04. The molecular weight excluding hydrogens is 911 g/mol. The number of benzene rings is 10. The van der Waals surface area contributed by atoms with Crippen LogP contribution >= 0.6 is 0 Å². The third kappa shape index (κ3) is 5.36. The van der Waals surface area contributed by atoms with E-state index in [0.717, 1.165) is 55.9 Å². The van der Waals surface area contributed by atoms with Crippen molar-refractivity contribution in [2.24, 2.45) is 0 Å². The number of fused-ring (bicyclic) bond motifs is 22. The summed E-state index contributed by atoms with van der Waals surface area (Å²) in [5.74, 6) is 0. The Kier molecular flexibility index (Phi) is 8.18. The van der Waals surface area contributed by atoms with Crippen LogP contribution < -0.4 is 4.90 Å². The molecule has 75 heavy (non-hydrogen) atoms. The van der Waals surface area contributed by atoms with Gasteiger partial charge in [-0.2, -0.15) is 0 Å². The lowest BCUT2D eigenvalue weighted by atomic mass is 9.72. The van der Waals surface area contributed by atoms with Gasteiger partial charge < -0.3 is 13.7 Å². The van der Waals surface area contributed by atoms with Crippen molar-refractivity contribution in [1.82, 2.24) is 0 Å². The van der Waals surface area contributed by atoms with Crippen molar-refractivity contribution in [3.8, 4) is 55.6 Å². The fraction of sp³-hybridized carbons (Fsp3) is 0.167. The molecule has 0 saturated carbocycles. The van der Waals surface area contributed by atoms with Crippen molar-refractivity contribution in [1.29, 1.82) is 0 Å². The van der Waals surface area contributed by atoms with Gasteiger partial charge in [-0.05, 0) is 144 Å². The second-order valence-corrected chi connectivity index (χ2v) is 23.9. The molecule has 10 aromatic carbocycles. The van der Waals surface area contributed by atoms with E-state index in [1.165, 1.54) is 105 Å². The maximum atomic E-state index is 7.04. The molecule has 2 heterocycles. The molecule has 4 aliphatic rings. The summed E-state index contributed by atoms with van der Waals surface area (Å²) in [7, 11) is 0. The summed E-state index contributed by atoms with van der Waals surface area (Å²) in [5.41, 5.74) is 29.6. The molecule has 2 aromatic heterocycles. The van der Waals surface area contributed by atoms with Crippen LogP contribution in [-0.4, -0.2) is 0 Å². The molecule has 0 fully saturated rings. The first-order chi connectivity index (χ1) is 36.2. The third-order valence-corrected chi connectivity index (χ3v) is 18.6. The van der Waals surface area contributed by atoms with Crippen LogP contribution in [0.4, 0.5) is 17.1 Å². The molecule has 360 valence electrons. The van der Waals surface area contributed by atoms with E-state index in [2.05, 4.69) is 248 Å². The smallest absolute Gasteiger partial charge is 0.144 e. The standard InChI is InChI=1S/C72H55NO2/c1-69(2)52-26-16-12-22-44(52)45-33-30-41(36-54(45)69)73(42-31-34-47-55(37-42)70(3,4)57-39-51(40-20-10-9-11-21-40)67-62(60(47)57)49-24-14-18-28-58(49)74-67)43-32-35-48-56(38-43)72(7,8)65-61(48)63-50-25-15-19-29-59(50)75-68(63)64-46-23-13-17-27-53(46)71(5,6)66(64)65/h9-39H,1-8H3. The van der Waals surface area contributed by atoms with Crippen LogP contribution in [0.5, 0.6) is 0 Å². The fourth-order valence-electron chi connectivity index (χ4n) is 15.0. The number of para-hydroxylation sites is 2. The van der Waals surface area contributed by atoms with E-state index in [4.69, 9.17) is 8.83 Å². The van der Waals surface area contributed by atoms with E-state index in [1.54, 1.807) is 0 Å². The number of furan rings is 2. The molecule has 0 spiro atoms. The molecule has 0 atom stereocenters. The lowest BCUT2D eigenvalue weighted by Gasteiger charge is -2.32. The summed E-state index contributed by atoms with van der Waals surface area (Å²) in [6.07, 6.45) is 0. The quantitative estimate of drug-likeness (QED) is 0.176. The summed E-state index contributed by atoms with van der Waals surface area (Å²) in [4.78, 5) is 2.54. The molecule has 0 aliphatic heterocycles. The molecule has 12 aromatic rings. The van der Waals surface area contributed by atoms with Crippen molar-refractivity contribution in [2.75, 3.05) is 4.90 Å². The van der Waals surface area contributed by atoms with Gasteiger partial charge in [-0.1, -0.05) is 189 Å². The minimum Gasteiger partial charge on any atom is -0.455 e. The highest BCUT2D eigenvalue weighted by molar-refractivity contribution is 6.21. The number of nitrogens with zero attached hydrogens (tertiary/aromatic N) is 1. The summed E-state index contributed by atoms with van der Waals surface area (Å²) in [6, 6.07) is 70.2. The Labute approximate surface area is 437 Å². The Hall–Kier alpha value is -8.40. The fourth-order valence-corrected chi connectivity index (χ4v) is 15.0. The molecule has 3 nitrogen and oxygen atoms in total. The number of rotatable bonds is 4. The Morgan fingerprint density at radius 1 is 0.307 bits per heavy atom. The molecule has 0 radical (unpaired) electrons. The summed E-state index contributed by atoms with van der Waals surface area (Å²) in [5, 5.41) is 4.73. The van der Waals surface area contributed by atoms with Crippen molar-refractivity contribution in [2.45, 2.75) is 77.0 Å². The largest absolute Gasteiger partial charge is 0.455 e. The van der Waals surface area contributed by atoms with Crippen LogP contribution in [0.2, 0.25) is 0 Å². The molecule has 0 N–H and O–H groups in total. The zero-order chi connectivity index (χ0) is 50.7. The van der Waals surface area contributed by atoms with E-state index in [1.807, 2.05) is 0 Å². The van der Waals surface area contributed by atoms with Gasteiger partial charge in [0.2, 0.25) is 0 Å². The average molecular weight is 966 g/mol. The Morgan fingerprint density at radius 2 is 0.733 bits per heavy atom. The van der Waals surface area contributed by atoms with Gasteiger partial charge in [-0.25, -0.2) is 0 Å². The molecule has 0 saturated heterocycles. The Bertz CT molecular complexity index is 4530. The highest BCUT2D eigenvalue weighted by Gasteiger charge is 2.49. The van der Waals surface area contributed by atoms with Gasteiger partial charge in [0.05, 0.1) is 0 Å². The second kappa shape index (κ2) is 14.3. The minimum atomic E-state index is -0.347. The van der Waals surface area contributed by atoms with Crippen molar-refractivity contribution in [3.05, 3.63) is 233 Å². The third-order valence-electron chi connectivity index (χ3n) is 18.6. The van der Waals surface area contributed by atoms with Crippen molar-refractivity contribution in [3.63, 3.8) is 0 Å². The van der Waals surface area contributed by atoms with Crippen molar-refractivity contribution < 1.29 is 8.83 Å². The lowest BCUT2D eigenvalue weighted by molar-refractivity contribution is 0.600. The monoisotopic (exact) mass is 965 g/mol. The van der Waals surface area contributed by atoms with Crippen LogP contribution in [0.3, 0.4) is 0 Å². The predicted octanol–water partition coefficient (Wildman–Crippen LogP) is 19.8. The first kappa shape index (κ1) is 43.0. The van der Waals surface area contributed by atoms with Gasteiger partial charge in [0.25, 0.3) is 0 Å². The lowest BCUT2D eigenvalue weighted by Crippen LogP contribution is -2.24. The molecule has 0 bridgehead atoms. The normalized spacial score (nSPS) is 16.2. The van der Waals surface area contributed by atoms with Crippen molar-refractivity contribution >= 4 is 60.9 Å². The highest BCUT2D eigenvalue weighted by atomic mass is 16.3. The van der Waals surface area contributed by atoms with E-state index < -0.39 is 0 Å².